The van der Waals surface area contributed by atoms with Gasteiger partial charge in [-0.3, -0.25) is 9.59 Å². The molecule has 6 nitrogen and oxygen atoms in total. The molecule has 3 aromatic rings. The van der Waals surface area contributed by atoms with Crippen molar-refractivity contribution in [2.45, 2.75) is 32.4 Å². The average Bonchev–Trinajstić information content (AvgIpc) is 3.27. The number of aromatic nitrogens is 1. The first kappa shape index (κ1) is 19.2. The molecule has 0 bridgehead atoms. The van der Waals surface area contributed by atoms with Crippen LogP contribution in [0.2, 0.25) is 0 Å². The van der Waals surface area contributed by atoms with Crippen molar-refractivity contribution < 1.29 is 14.3 Å². The molecular weight excluding hydrogens is 368 g/mol. The van der Waals surface area contributed by atoms with Crippen LogP contribution in [-0.2, 0) is 16.1 Å². The number of aryl methyl sites for hydroxylation is 1. The summed E-state index contributed by atoms with van der Waals surface area (Å²) in [5.41, 5.74) is 2.80. The Morgan fingerprint density at radius 1 is 1.24 bits per heavy atom. The molecule has 0 spiro atoms. The largest absolute Gasteiger partial charge is 0.497 e. The van der Waals surface area contributed by atoms with Crippen molar-refractivity contribution in [2.75, 3.05) is 18.6 Å². The average molecular weight is 392 g/mol. The maximum absolute atomic E-state index is 13.2. The number of para-hydroxylation sites is 1. The summed E-state index contributed by atoms with van der Waals surface area (Å²) in [5, 5.41) is 0.855. The van der Waals surface area contributed by atoms with Crippen LogP contribution in [-0.4, -0.2) is 30.7 Å². The molecule has 2 aromatic carbocycles. The summed E-state index contributed by atoms with van der Waals surface area (Å²) < 4.78 is 10.9. The van der Waals surface area contributed by atoms with Gasteiger partial charge in [0.1, 0.15) is 11.9 Å². The van der Waals surface area contributed by atoms with Crippen molar-refractivity contribution in [3.05, 3.63) is 70.0 Å². The lowest BCUT2D eigenvalue weighted by Crippen LogP contribution is -2.40. The number of rotatable bonds is 5. The molecule has 150 valence electrons. The number of methoxy groups -OCH3 is 1. The van der Waals surface area contributed by atoms with E-state index in [0.29, 0.717) is 24.3 Å². The highest BCUT2D eigenvalue weighted by Crippen LogP contribution is 2.26. The van der Waals surface area contributed by atoms with Crippen LogP contribution < -0.4 is 15.2 Å². The van der Waals surface area contributed by atoms with E-state index in [0.717, 1.165) is 28.6 Å². The van der Waals surface area contributed by atoms with E-state index < -0.39 is 6.10 Å². The molecule has 4 rings (SSSR count). The maximum atomic E-state index is 13.2. The number of carbonyl (C=O) groups excluding carboxylic acids is 1. The van der Waals surface area contributed by atoms with Crippen molar-refractivity contribution in [3.63, 3.8) is 0 Å². The second-order valence-electron chi connectivity index (χ2n) is 7.29. The minimum absolute atomic E-state index is 0.109. The molecule has 0 saturated carbocycles. The van der Waals surface area contributed by atoms with E-state index in [4.69, 9.17) is 9.47 Å². The molecule has 0 radical (unpaired) electrons. The smallest absolute Gasteiger partial charge is 0.256 e. The number of H-pyrrole nitrogens is 1. The van der Waals surface area contributed by atoms with E-state index in [1.165, 1.54) is 0 Å². The van der Waals surface area contributed by atoms with Crippen LogP contribution in [0.4, 0.5) is 5.69 Å². The molecular formula is C23H24N2O4. The van der Waals surface area contributed by atoms with E-state index in [9.17, 15) is 9.59 Å². The van der Waals surface area contributed by atoms with Gasteiger partial charge < -0.3 is 19.4 Å². The number of fused-ring (bicyclic) bond motifs is 1. The molecule has 29 heavy (non-hydrogen) atoms. The summed E-state index contributed by atoms with van der Waals surface area (Å²) in [5.74, 6) is 0.601. The molecule has 1 N–H and O–H groups in total. The van der Waals surface area contributed by atoms with E-state index >= 15 is 0 Å². The van der Waals surface area contributed by atoms with Crippen LogP contribution in [0.3, 0.4) is 0 Å². The Balaban J connectivity index is 1.75. The number of hydrogen-bond acceptors (Lipinski definition) is 4. The van der Waals surface area contributed by atoms with Crippen LogP contribution in [0.15, 0.2) is 53.3 Å². The van der Waals surface area contributed by atoms with Crippen molar-refractivity contribution in [1.29, 1.82) is 0 Å². The number of ether oxygens (including phenoxy) is 2. The van der Waals surface area contributed by atoms with Gasteiger partial charge in [0.05, 0.1) is 13.7 Å². The summed E-state index contributed by atoms with van der Waals surface area (Å²) in [6.07, 6.45) is 1.11. The Bertz CT molecular complexity index is 1100. The van der Waals surface area contributed by atoms with Crippen molar-refractivity contribution >= 4 is 22.5 Å². The lowest BCUT2D eigenvalue weighted by Gasteiger charge is -2.27. The number of nitrogens with one attached hydrogen (secondary N) is 1. The van der Waals surface area contributed by atoms with Gasteiger partial charge in [0.25, 0.3) is 11.5 Å². The van der Waals surface area contributed by atoms with Gasteiger partial charge >= 0.3 is 0 Å². The van der Waals surface area contributed by atoms with Gasteiger partial charge in [0.15, 0.2) is 0 Å². The first-order valence-electron chi connectivity index (χ1n) is 9.75. The Kier molecular flexibility index (Phi) is 5.36. The van der Waals surface area contributed by atoms with Crippen LogP contribution in [0.25, 0.3) is 10.9 Å². The minimum Gasteiger partial charge on any atom is -0.497 e. The number of aromatic amines is 1. The molecule has 0 aliphatic carbocycles. The maximum Gasteiger partial charge on any atom is 0.256 e. The molecule has 1 fully saturated rings. The van der Waals surface area contributed by atoms with E-state index in [-0.39, 0.29) is 18.0 Å². The van der Waals surface area contributed by atoms with E-state index in [1.54, 1.807) is 18.1 Å². The predicted octanol–water partition coefficient (Wildman–Crippen LogP) is 3.56. The minimum atomic E-state index is -0.464. The van der Waals surface area contributed by atoms with Gasteiger partial charge in [-0.1, -0.05) is 18.2 Å². The van der Waals surface area contributed by atoms with E-state index in [1.807, 2.05) is 49.4 Å². The molecule has 1 atom stereocenters. The van der Waals surface area contributed by atoms with Gasteiger partial charge in [-0.2, -0.15) is 0 Å². The van der Waals surface area contributed by atoms with Crippen LogP contribution in [0.5, 0.6) is 5.75 Å². The van der Waals surface area contributed by atoms with Crippen LogP contribution in [0.1, 0.15) is 24.0 Å². The molecule has 6 heteroatoms. The van der Waals surface area contributed by atoms with Crippen LogP contribution in [0, 0.1) is 6.92 Å². The summed E-state index contributed by atoms with van der Waals surface area (Å²) >= 11 is 0. The first-order valence-corrected chi connectivity index (χ1v) is 9.75. The summed E-state index contributed by atoms with van der Waals surface area (Å²) in [6, 6.07) is 15.0. The van der Waals surface area contributed by atoms with Gasteiger partial charge in [0, 0.05) is 28.8 Å². The molecule has 1 amide bonds. The lowest BCUT2D eigenvalue weighted by molar-refractivity contribution is -0.127. The van der Waals surface area contributed by atoms with Gasteiger partial charge in [-0.05, 0) is 55.7 Å². The lowest BCUT2D eigenvalue weighted by atomic mass is 10.1. The second-order valence-corrected chi connectivity index (χ2v) is 7.29. The normalized spacial score (nSPS) is 16.1. The Labute approximate surface area is 169 Å². The molecule has 1 unspecified atom stereocenters. The molecule has 1 aliphatic heterocycles. The number of carbonyl (C=O) groups is 1. The topological polar surface area (TPSA) is 71.6 Å². The van der Waals surface area contributed by atoms with Crippen molar-refractivity contribution in [3.8, 4) is 5.75 Å². The second kappa shape index (κ2) is 8.09. The fourth-order valence-electron chi connectivity index (χ4n) is 3.74. The number of anilines is 1. The number of hydrogen-bond donors (Lipinski definition) is 1. The standard InChI is InChI=1S/C23H24N2O4/c1-15-6-3-4-7-20(15)25(23(27)21-8-5-11-29-21)14-17-12-16-13-18(28-2)9-10-19(16)24-22(17)26/h3-4,6-7,9-10,12-13,21H,5,8,11,14H2,1-2H3,(H,24,26). The zero-order valence-corrected chi connectivity index (χ0v) is 16.6. The highest BCUT2D eigenvalue weighted by atomic mass is 16.5. The molecule has 1 aromatic heterocycles. The summed E-state index contributed by atoms with van der Waals surface area (Å²) in [4.78, 5) is 30.6. The Morgan fingerprint density at radius 2 is 2.07 bits per heavy atom. The summed E-state index contributed by atoms with van der Waals surface area (Å²) in [6.45, 7) is 2.72. The SMILES string of the molecule is COc1ccc2[nH]c(=O)c(CN(C(=O)C3CCCO3)c3ccccc3C)cc2c1. The zero-order valence-electron chi connectivity index (χ0n) is 16.6. The van der Waals surface area contributed by atoms with Crippen molar-refractivity contribution in [1.82, 2.24) is 4.98 Å². The third-order valence-electron chi connectivity index (χ3n) is 5.33. The Morgan fingerprint density at radius 3 is 2.79 bits per heavy atom. The van der Waals surface area contributed by atoms with Crippen molar-refractivity contribution in [2.24, 2.45) is 0 Å². The summed E-state index contributed by atoms with van der Waals surface area (Å²) in [7, 11) is 1.61. The monoisotopic (exact) mass is 392 g/mol. The number of nitrogens with zero attached hydrogens (tertiary/aromatic N) is 1. The molecule has 1 aliphatic rings. The molecule has 1 saturated heterocycles. The third-order valence-corrected chi connectivity index (χ3v) is 5.33. The van der Waals surface area contributed by atoms with E-state index in [2.05, 4.69) is 4.98 Å². The highest BCUT2D eigenvalue weighted by molar-refractivity contribution is 5.97. The number of amides is 1. The highest BCUT2D eigenvalue weighted by Gasteiger charge is 2.30. The quantitative estimate of drug-likeness (QED) is 0.721. The Hall–Kier alpha value is -3.12. The number of benzene rings is 2. The predicted molar refractivity (Wildman–Crippen MR) is 112 cm³/mol. The first-order chi connectivity index (χ1) is 14.1. The van der Waals surface area contributed by atoms with Gasteiger partial charge in [-0.25, -0.2) is 0 Å². The number of pyridine rings is 1. The third kappa shape index (κ3) is 3.89. The zero-order chi connectivity index (χ0) is 20.4. The van der Waals surface area contributed by atoms with Gasteiger partial charge in [-0.15, -0.1) is 0 Å². The van der Waals surface area contributed by atoms with Crippen LogP contribution >= 0.6 is 0 Å². The molecule has 2 heterocycles. The fourth-order valence-corrected chi connectivity index (χ4v) is 3.74. The van der Waals surface area contributed by atoms with Gasteiger partial charge in [0.2, 0.25) is 0 Å². The fraction of sp³-hybridized carbons (Fsp3) is 0.304.